The van der Waals surface area contributed by atoms with Crippen molar-refractivity contribution in [3.05, 3.63) is 60.6 Å². The number of para-hydroxylation sites is 1. The topological polar surface area (TPSA) is 113 Å². The lowest BCUT2D eigenvalue weighted by molar-refractivity contribution is -0.134. The predicted molar refractivity (Wildman–Crippen MR) is 137 cm³/mol. The summed E-state index contributed by atoms with van der Waals surface area (Å²) in [6.07, 6.45) is 3.67. The third-order valence-electron chi connectivity index (χ3n) is 7.14. The lowest BCUT2D eigenvalue weighted by Crippen LogP contribution is -2.55. The molecule has 10 heteroatoms. The molecule has 2 aromatic heterocycles. The number of anilines is 1. The minimum atomic E-state index is -0.441. The van der Waals surface area contributed by atoms with Gasteiger partial charge in [0.1, 0.15) is 0 Å². The van der Waals surface area contributed by atoms with Crippen LogP contribution >= 0.6 is 0 Å². The van der Waals surface area contributed by atoms with Gasteiger partial charge in [-0.3, -0.25) is 14.5 Å². The molecule has 0 radical (unpaired) electrons. The predicted octanol–water partition coefficient (Wildman–Crippen LogP) is 1.36. The molecule has 184 valence electrons. The highest BCUT2D eigenvalue weighted by Gasteiger charge is 2.31. The summed E-state index contributed by atoms with van der Waals surface area (Å²) in [6, 6.07) is 13.3. The summed E-state index contributed by atoms with van der Waals surface area (Å²) in [6.45, 7) is 5.79. The first kappa shape index (κ1) is 22.4. The molecular weight excluding hydrogens is 456 g/mol. The molecule has 0 aliphatic carbocycles. The van der Waals surface area contributed by atoms with Crippen LogP contribution in [0.2, 0.25) is 0 Å². The number of hydrogen-bond donors (Lipinski definition) is 1. The van der Waals surface area contributed by atoms with E-state index in [9.17, 15) is 9.59 Å². The Bertz CT molecular complexity index is 1440. The second kappa shape index (κ2) is 9.19. The molecule has 2 fully saturated rings. The van der Waals surface area contributed by atoms with E-state index in [1.165, 1.54) is 0 Å². The number of imidazole rings is 1. The van der Waals surface area contributed by atoms with Gasteiger partial charge in [0, 0.05) is 68.9 Å². The van der Waals surface area contributed by atoms with Crippen LogP contribution in [0.5, 0.6) is 0 Å². The highest BCUT2D eigenvalue weighted by molar-refractivity contribution is 5.96. The molecule has 2 aliphatic heterocycles. The SMILES string of the molecule is NC(=O)c1ccc2ncn(CC3CN(CC(=O)N4CCN(c5ncc6ccccc6n5)CC4)C3)c2c1. The van der Waals surface area contributed by atoms with E-state index < -0.39 is 5.91 Å². The third-order valence-corrected chi connectivity index (χ3v) is 7.14. The molecule has 2 saturated heterocycles. The van der Waals surface area contributed by atoms with Crippen LogP contribution in [0.3, 0.4) is 0 Å². The zero-order valence-electron chi connectivity index (χ0n) is 20.0. The van der Waals surface area contributed by atoms with Gasteiger partial charge in [0.05, 0.1) is 29.4 Å². The van der Waals surface area contributed by atoms with Gasteiger partial charge in [-0.15, -0.1) is 0 Å². The molecule has 0 spiro atoms. The van der Waals surface area contributed by atoms with Crippen LogP contribution in [0.25, 0.3) is 21.9 Å². The molecule has 36 heavy (non-hydrogen) atoms. The number of nitrogens with zero attached hydrogens (tertiary/aromatic N) is 7. The smallest absolute Gasteiger partial charge is 0.248 e. The van der Waals surface area contributed by atoms with E-state index in [1.807, 2.05) is 47.8 Å². The quantitative estimate of drug-likeness (QED) is 0.440. The number of nitrogens with two attached hydrogens (primary N) is 1. The molecule has 10 nitrogen and oxygen atoms in total. The maximum Gasteiger partial charge on any atom is 0.248 e. The summed E-state index contributed by atoms with van der Waals surface area (Å²) in [5.41, 5.74) is 8.60. The van der Waals surface area contributed by atoms with E-state index in [-0.39, 0.29) is 5.91 Å². The maximum atomic E-state index is 12.9. The van der Waals surface area contributed by atoms with Gasteiger partial charge < -0.3 is 20.1 Å². The van der Waals surface area contributed by atoms with E-state index in [0.717, 1.165) is 60.6 Å². The minimum absolute atomic E-state index is 0.173. The Labute approximate surface area is 208 Å². The maximum absolute atomic E-state index is 12.9. The van der Waals surface area contributed by atoms with Gasteiger partial charge in [0.25, 0.3) is 0 Å². The van der Waals surface area contributed by atoms with Gasteiger partial charge in [-0.2, -0.15) is 0 Å². The molecule has 2 aliphatic rings. The third kappa shape index (κ3) is 4.35. The van der Waals surface area contributed by atoms with Crippen LogP contribution in [0.1, 0.15) is 10.4 Å². The molecular formula is C26H28N8O2. The molecule has 2 aromatic carbocycles. The highest BCUT2D eigenvalue weighted by atomic mass is 16.2. The number of piperazine rings is 1. The zero-order valence-corrected chi connectivity index (χ0v) is 20.0. The van der Waals surface area contributed by atoms with Crippen molar-refractivity contribution in [1.29, 1.82) is 0 Å². The number of fused-ring (bicyclic) bond motifs is 2. The first-order valence-corrected chi connectivity index (χ1v) is 12.2. The van der Waals surface area contributed by atoms with Crippen LogP contribution in [-0.2, 0) is 11.3 Å². The number of carbonyl (C=O) groups is 2. The normalized spacial score (nSPS) is 17.0. The van der Waals surface area contributed by atoms with E-state index in [4.69, 9.17) is 5.73 Å². The van der Waals surface area contributed by atoms with E-state index >= 15 is 0 Å². The van der Waals surface area contributed by atoms with Crippen LogP contribution in [0.15, 0.2) is 55.0 Å². The summed E-state index contributed by atoms with van der Waals surface area (Å²) in [4.78, 5) is 44.3. The van der Waals surface area contributed by atoms with Gasteiger partial charge in [-0.1, -0.05) is 18.2 Å². The van der Waals surface area contributed by atoms with Gasteiger partial charge in [0.2, 0.25) is 17.8 Å². The standard InChI is InChI=1S/C26H28N8O2/c27-25(36)19-5-6-22-23(11-19)34(17-29-22)15-18-13-31(14-18)16-24(35)32-7-9-33(10-8-32)26-28-12-20-3-1-2-4-21(20)30-26/h1-6,11-12,17-18H,7-10,13-16H2,(H2,27,36). The number of benzene rings is 2. The fourth-order valence-electron chi connectivity index (χ4n) is 5.12. The van der Waals surface area contributed by atoms with E-state index in [0.29, 0.717) is 31.1 Å². The Balaban J connectivity index is 0.988. The number of rotatable bonds is 6. The van der Waals surface area contributed by atoms with Crippen molar-refractivity contribution in [2.24, 2.45) is 11.7 Å². The first-order chi connectivity index (χ1) is 17.5. The summed E-state index contributed by atoms with van der Waals surface area (Å²) in [5, 5.41) is 1.03. The second-order valence-electron chi connectivity index (χ2n) is 9.62. The van der Waals surface area contributed by atoms with E-state index in [1.54, 1.807) is 12.1 Å². The summed E-state index contributed by atoms with van der Waals surface area (Å²) in [7, 11) is 0. The van der Waals surface area contributed by atoms with Gasteiger partial charge >= 0.3 is 0 Å². The van der Waals surface area contributed by atoms with Crippen LogP contribution in [0, 0.1) is 5.92 Å². The van der Waals surface area contributed by atoms with Crippen molar-refractivity contribution < 1.29 is 9.59 Å². The summed E-state index contributed by atoms with van der Waals surface area (Å²) in [5.74, 6) is 0.894. The van der Waals surface area contributed by atoms with E-state index in [2.05, 4.69) is 29.3 Å². The summed E-state index contributed by atoms with van der Waals surface area (Å²) >= 11 is 0. The number of primary amides is 1. The van der Waals surface area contributed by atoms with Crippen molar-refractivity contribution in [3.63, 3.8) is 0 Å². The molecule has 6 rings (SSSR count). The van der Waals surface area contributed by atoms with Crippen molar-refractivity contribution in [2.75, 3.05) is 50.7 Å². The molecule has 4 aromatic rings. The Hall–Kier alpha value is -4.05. The summed E-state index contributed by atoms with van der Waals surface area (Å²) < 4.78 is 2.07. The molecule has 0 bridgehead atoms. The Kier molecular flexibility index (Phi) is 5.73. The minimum Gasteiger partial charge on any atom is -0.366 e. The number of aromatic nitrogens is 4. The van der Waals surface area contributed by atoms with Crippen LogP contribution in [-0.4, -0.2) is 86.9 Å². The Morgan fingerprint density at radius 2 is 1.78 bits per heavy atom. The average molecular weight is 485 g/mol. The Morgan fingerprint density at radius 3 is 2.58 bits per heavy atom. The molecule has 0 atom stereocenters. The lowest BCUT2D eigenvalue weighted by atomic mass is 10.00. The number of hydrogen-bond acceptors (Lipinski definition) is 7. The van der Waals surface area contributed by atoms with Crippen molar-refractivity contribution in [2.45, 2.75) is 6.54 Å². The molecule has 0 unspecified atom stereocenters. The second-order valence-corrected chi connectivity index (χ2v) is 9.62. The van der Waals surface area contributed by atoms with Gasteiger partial charge in [-0.05, 0) is 24.3 Å². The molecule has 0 saturated carbocycles. The Morgan fingerprint density at radius 1 is 0.972 bits per heavy atom. The van der Waals surface area contributed by atoms with Crippen molar-refractivity contribution in [1.82, 2.24) is 29.3 Å². The number of amides is 2. The molecule has 2 N–H and O–H groups in total. The van der Waals surface area contributed by atoms with Gasteiger partial charge in [0.15, 0.2) is 0 Å². The molecule has 4 heterocycles. The fourth-order valence-corrected chi connectivity index (χ4v) is 5.12. The fraction of sp³-hybridized carbons (Fsp3) is 0.346. The van der Waals surface area contributed by atoms with Gasteiger partial charge in [-0.25, -0.2) is 15.0 Å². The monoisotopic (exact) mass is 484 g/mol. The van der Waals surface area contributed by atoms with Crippen LogP contribution < -0.4 is 10.6 Å². The van der Waals surface area contributed by atoms with Crippen LogP contribution in [0.4, 0.5) is 5.95 Å². The highest BCUT2D eigenvalue weighted by Crippen LogP contribution is 2.22. The van der Waals surface area contributed by atoms with Crippen molar-refractivity contribution in [3.8, 4) is 0 Å². The largest absolute Gasteiger partial charge is 0.366 e. The number of carbonyl (C=O) groups excluding carboxylic acids is 2. The molecule has 2 amide bonds. The first-order valence-electron chi connectivity index (χ1n) is 12.2. The average Bonchev–Trinajstić information content (AvgIpc) is 3.29. The zero-order chi connectivity index (χ0) is 24.6. The lowest BCUT2D eigenvalue weighted by Gasteiger charge is -2.41. The number of likely N-dealkylation sites (tertiary alicyclic amines) is 1. The van der Waals surface area contributed by atoms with Crippen molar-refractivity contribution >= 4 is 39.7 Å².